The number of likely N-dealkylation sites (tertiary alicyclic amines) is 1. The largest absolute Gasteiger partial charge is 0.481 e. The van der Waals surface area contributed by atoms with E-state index in [0.29, 0.717) is 5.56 Å². The van der Waals surface area contributed by atoms with Crippen molar-refractivity contribution in [3.8, 4) is 0 Å². The van der Waals surface area contributed by atoms with Gasteiger partial charge in [0.25, 0.3) is 0 Å². The van der Waals surface area contributed by atoms with Crippen molar-refractivity contribution in [1.29, 1.82) is 0 Å². The molecule has 1 amide bonds. The zero-order valence-corrected chi connectivity index (χ0v) is 12.1. The third-order valence-electron chi connectivity index (χ3n) is 4.04. The Hall–Kier alpha value is -2.25. The van der Waals surface area contributed by atoms with Gasteiger partial charge in [0.05, 0.1) is 11.5 Å². The predicted molar refractivity (Wildman–Crippen MR) is 74.0 cm³/mol. The van der Waals surface area contributed by atoms with Crippen LogP contribution in [0.15, 0.2) is 24.3 Å². The van der Waals surface area contributed by atoms with Crippen molar-refractivity contribution in [1.82, 2.24) is 4.90 Å². The molecular formula is C15H16F3NO4. The molecule has 1 aromatic carbocycles. The average molecular weight is 331 g/mol. The molecule has 0 spiro atoms. The first kappa shape index (κ1) is 17.1. The smallest absolute Gasteiger partial charge is 0.416 e. The van der Waals surface area contributed by atoms with E-state index in [1.807, 2.05) is 0 Å². The molecule has 2 unspecified atom stereocenters. The van der Waals surface area contributed by atoms with Gasteiger partial charge in [-0.05, 0) is 30.9 Å². The Labute approximate surface area is 130 Å². The number of halogens is 3. The number of rotatable bonds is 3. The highest BCUT2D eigenvalue weighted by Gasteiger charge is 2.35. The molecule has 2 N–H and O–H groups in total. The zero-order valence-electron chi connectivity index (χ0n) is 12.1. The second-order valence-electron chi connectivity index (χ2n) is 5.59. The molecule has 0 radical (unpaired) electrons. The summed E-state index contributed by atoms with van der Waals surface area (Å²) in [5.74, 6) is -1.69. The van der Waals surface area contributed by atoms with Gasteiger partial charge in [-0.25, -0.2) is 4.79 Å². The fourth-order valence-electron chi connectivity index (χ4n) is 2.87. The highest BCUT2D eigenvalue weighted by Crippen LogP contribution is 2.31. The number of benzene rings is 1. The minimum Gasteiger partial charge on any atom is -0.481 e. The lowest BCUT2D eigenvalue weighted by Crippen LogP contribution is -2.48. The molecule has 5 nitrogen and oxygen atoms in total. The molecule has 1 heterocycles. The van der Waals surface area contributed by atoms with Crippen molar-refractivity contribution >= 4 is 12.1 Å². The number of hydrogen-bond donors (Lipinski definition) is 2. The Balaban J connectivity index is 2.20. The minimum absolute atomic E-state index is 0.0556. The Morgan fingerprint density at radius 3 is 2.52 bits per heavy atom. The van der Waals surface area contributed by atoms with E-state index in [1.165, 1.54) is 12.1 Å². The van der Waals surface area contributed by atoms with Crippen LogP contribution < -0.4 is 0 Å². The number of carbonyl (C=O) groups is 2. The Morgan fingerprint density at radius 2 is 1.96 bits per heavy atom. The molecule has 8 heteroatoms. The number of hydrogen-bond acceptors (Lipinski definition) is 2. The van der Waals surface area contributed by atoms with Gasteiger partial charge in [-0.1, -0.05) is 18.2 Å². The molecule has 1 aliphatic rings. The molecule has 2 rings (SSSR count). The van der Waals surface area contributed by atoms with Crippen LogP contribution in [0.4, 0.5) is 18.0 Å². The van der Waals surface area contributed by atoms with Gasteiger partial charge >= 0.3 is 18.2 Å². The van der Waals surface area contributed by atoms with Crippen LogP contribution in [-0.2, 0) is 17.4 Å². The van der Waals surface area contributed by atoms with E-state index in [1.54, 1.807) is 0 Å². The zero-order chi connectivity index (χ0) is 17.2. The van der Waals surface area contributed by atoms with E-state index in [-0.39, 0.29) is 25.8 Å². The maximum Gasteiger partial charge on any atom is 0.416 e. The van der Waals surface area contributed by atoms with Gasteiger partial charge in [0.1, 0.15) is 0 Å². The molecule has 1 aromatic rings. The molecule has 0 aliphatic carbocycles. The van der Waals surface area contributed by atoms with Gasteiger partial charge in [0, 0.05) is 12.6 Å². The summed E-state index contributed by atoms with van der Waals surface area (Å²) in [6, 6.07) is 4.02. The number of carboxylic acids is 1. The number of carboxylic acid groups (broad SMARTS) is 2. The lowest BCUT2D eigenvalue weighted by atomic mass is 9.87. The van der Waals surface area contributed by atoms with E-state index in [0.717, 1.165) is 17.0 Å². The second-order valence-corrected chi connectivity index (χ2v) is 5.59. The number of nitrogens with zero attached hydrogens (tertiary/aromatic N) is 1. The highest BCUT2D eigenvalue weighted by molar-refractivity contribution is 5.71. The maximum absolute atomic E-state index is 12.7. The first-order valence-corrected chi connectivity index (χ1v) is 7.07. The van der Waals surface area contributed by atoms with Crippen LogP contribution >= 0.6 is 0 Å². The monoisotopic (exact) mass is 331 g/mol. The Bertz CT molecular complexity index is 603. The normalized spacial score (nSPS) is 22.0. The summed E-state index contributed by atoms with van der Waals surface area (Å²) in [6.45, 7) is 0.0654. The van der Waals surface area contributed by atoms with Crippen molar-refractivity contribution in [3.63, 3.8) is 0 Å². The van der Waals surface area contributed by atoms with Gasteiger partial charge in [-0.2, -0.15) is 13.2 Å². The van der Waals surface area contributed by atoms with Crippen LogP contribution in [-0.4, -0.2) is 39.8 Å². The molecule has 126 valence electrons. The predicted octanol–water partition coefficient (Wildman–Crippen LogP) is 3.09. The van der Waals surface area contributed by atoms with Crippen molar-refractivity contribution in [2.75, 3.05) is 6.54 Å². The third kappa shape index (κ3) is 4.14. The average Bonchev–Trinajstić information content (AvgIpc) is 2.46. The molecule has 1 fully saturated rings. The third-order valence-corrected chi connectivity index (χ3v) is 4.04. The van der Waals surface area contributed by atoms with Crippen LogP contribution in [0.2, 0.25) is 0 Å². The van der Waals surface area contributed by atoms with Crippen LogP contribution in [0.5, 0.6) is 0 Å². The van der Waals surface area contributed by atoms with Crippen molar-refractivity contribution in [2.45, 2.75) is 31.5 Å². The van der Waals surface area contributed by atoms with Gasteiger partial charge in [0.2, 0.25) is 0 Å². The summed E-state index contributed by atoms with van der Waals surface area (Å²) in [5, 5.41) is 18.3. The number of aliphatic carboxylic acids is 1. The van der Waals surface area contributed by atoms with Crippen molar-refractivity contribution in [2.24, 2.45) is 5.92 Å². The van der Waals surface area contributed by atoms with Crippen LogP contribution in [0, 0.1) is 5.92 Å². The molecular weight excluding hydrogens is 315 g/mol. The number of amides is 1. The number of alkyl halides is 3. The van der Waals surface area contributed by atoms with E-state index in [9.17, 15) is 27.9 Å². The fraction of sp³-hybridized carbons (Fsp3) is 0.467. The van der Waals surface area contributed by atoms with Crippen molar-refractivity contribution in [3.05, 3.63) is 35.4 Å². The van der Waals surface area contributed by atoms with Gasteiger partial charge in [-0.15, -0.1) is 0 Å². The molecule has 2 atom stereocenters. The van der Waals surface area contributed by atoms with Crippen LogP contribution in [0.1, 0.15) is 24.0 Å². The summed E-state index contributed by atoms with van der Waals surface area (Å²) in [7, 11) is 0. The SMILES string of the molecule is O=C(O)C1CCN(C(=O)O)C(Cc2cccc(C(F)(F)F)c2)C1. The van der Waals surface area contributed by atoms with Gasteiger partial charge < -0.3 is 15.1 Å². The summed E-state index contributed by atoms with van der Waals surface area (Å²) in [4.78, 5) is 23.5. The lowest BCUT2D eigenvalue weighted by Gasteiger charge is -2.36. The molecule has 23 heavy (non-hydrogen) atoms. The summed E-state index contributed by atoms with van der Waals surface area (Å²) in [5.41, 5.74) is -0.468. The van der Waals surface area contributed by atoms with Crippen LogP contribution in [0.3, 0.4) is 0 Å². The van der Waals surface area contributed by atoms with E-state index < -0.39 is 35.8 Å². The standard InChI is InChI=1S/C15H16F3NO4/c16-15(17,18)11-3-1-2-9(6-11)7-12-8-10(13(20)21)4-5-19(12)14(22)23/h1-3,6,10,12H,4-5,7-8H2,(H,20,21)(H,22,23). The van der Waals surface area contributed by atoms with Crippen LogP contribution in [0.25, 0.3) is 0 Å². The Morgan fingerprint density at radius 1 is 1.26 bits per heavy atom. The van der Waals surface area contributed by atoms with Crippen molar-refractivity contribution < 1.29 is 33.0 Å². The van der Waals surface area contributed by atoms with Gasteiger partial charge in [0.15, 0.2) is 0 Å². The first-order valence-electron chi connectivity index (χ1n) is 7.07. The first-order chi connectivity index (χ1) is 10.7. The summed E-state index contributed by atoms with van der Waals surface area (Å²) >= 11 is 0. The summed E-state index contributed by atoms with van der Waals surface area (Å²) < 4.78 is 38.2. The fourth-order valence-corrected chi connectivity index (χ4v) is 2.87. The highest BCUT2D eigenvalue weighted by atomic mass is 19.4. The molecule has 0 saturated carbocycles. The maximum atomic E-state index is 12.7. The Kier molecular flexibility index (Phi) is 4.82. The second kappa shape index (κ2) is 6.47. The topological polar surface area (TPSA) is 77.8 Å². The number of piperidine rings is 1. The summed E-state index contributed by atoms with van der Waals surface area (Å²) in [6.07, 6.45) is -5.30. The van der Waals surface area contributed by atoms with Gasteiger partial charge in [-0.3, -0.25) is 4.79 Å². The van der Waals surface area contributed by atoms with E-state index in [2.05, 4.69) is 0 Å². The minimum atomic E-state index is -4.47. The molecule has 1 aliphatic heterocycles. The molecule has 0 bridgehead atoms. The van der Waals surface area contributed by atoms with E-state index in [4.69, 9.17) is 5.11 Å². The quantitative estimate of drug-likeness (QED) is 0.892. The molecule has 0 aromatic heterocycles. The molecule has 1 saturated heterocycles. The lowest BCUT2D eigenvalue weighted by molar-refractivity contribution is -0.144. The van der Waals surface area contributed by atoms with E-state index >= 15 is 0 Å².